The Hall–Kier alpha value is -0.870. The lowest BCUT2D eigenvalue weighted by Gasteiger charge is -2.38. The van der Waals surface area contributed by atoms with Crippen LogP contribution in [0.3, 0.4) is 0 Å². The van der Waals surface area contributed by atoms with Crippen LogP contribution in [0.2, 0.25) is 0 Å². The van der Waals surface area contributed by atoms with Gasteiger partial charge in [0.25, 0.3) is 0 Å². The Labute approximate surface area is 135 Å². The molecule has 4 heteroatoms. The van der Waals surface area contributed by atoms with Gasteiger partial charge in [-0.3, -0.25) is 4.79 Å². The second kappa shape index (κ2) is 9.31. The van der Waals surface area contributed by atoms with E-state index >= 15 is 0 Å². The normalized spacial score (nSPS) is 29.5. The third-order valence-electron chi connectivity index (χ3n) is 4.92. The maximum atomic E-state index is 12.4. The van der Waals surface area contributed by atoms with E-state index in [2.05, 4.69) is 29.3 Å². The maximum absolute atomic E-state index is 12.4. The van der Waals surface area contributed by atoms with Crippen molar-refractivity contribution in [1.29, 1.82) is 0 Å². The molecule has 126 valence electrons. The van der Waals surface area contributed by atoms with Gasteiger partial charge >= 0.3 is 0 Å². The Bertz CT molecular complexity index is 370. The van der Waals surface area contributed by atoms with Crippen molar-refractivity contribution in [3.63, 3.8) is 0 Å². The molecule has 1 amide bonds. The number of allylic oxidation sites excluding steroid dienone is 2. The SMILES string of the molecule is CCOCCCN1CC[C@H](NC(=O)[C@@H]2CC=CCC2)[C@@H](C)C1. The molecule has 0 spiro atoms. The molecule has 4 nitrogen and oxygen atoms in total. The van der Waals surface area contributed by atoms with Crippen molar-refractivity contribution in [2.45, 2.75) is 52.0 Å². The molecular formula is C18H32N2O2. The summed E-state index contributed by atoms with van der Waals surface area (Å²) in [7, 11) is 0. The van der Waals surface area contributed by atoms with Gasteiger partial charge in [-0.2, -0.15) is 0 Å². The van der Waals surface area contributed by atoms with Crippen LogP contribution in [-0.4, -0.2) is 49.7 Å². The van der Waals surface area contributed by atoms with Gasteiger partial charge in [-0.15, -0.1) is 0 Å². The minimum atomic E-state index is 0.196. The average Bonchev–Trinajstić information content (AvgIpc) is 2.55. The summed E-state index contributed by atoms with van der Waals surface area (Å²) in [5, 5.41) is 3.31. The van der Waals surface area contributed by atoms with E-state index in [4.69, 9.17) is 4.74 Å². The van der Waals surface area contributed by atoms with Gasteiger partial charge in [0, 0.05) is 44.8 Å². The molecule has 0 bridgehead atoms. The first-order valence-corrected chi connectivity index (χ1v) is 8.96. The number of hydrogen-bond donors (Lipinski definition) is 1. The highest BCUT2D eigenvalue weighted by atomic mass is 16.5. The standard InChI is InChI=1S/C18H32N2O2/c1-3-22-13-7-11-20-12-10-17(15(2)14-20)19-18(21)16-8-5-4-6-9-16/h4-5,15-17H,3,6-14H2,1-2H3,(H,19,21)/t15-,16+,17-/m0/s1. The number of likely N-dealkylation sites (tertiary alicyclic amines) is 1. The summed E-state index contributed by atoms with van der Waals surface area (Å²) in [4.78, 5) is 14.9. The van der Waals surface area contributed by atoms with Gasteiger partial charge in [0.15, 0.2) is 0 Å². The van der Waals surface area contributed by atoms with E-state index in [1.54, 1.807) is 0 Å². The molecule has 0 unspecified atom stereocenters. The van der Waals surface area contributed by atoms with E-state index in [0.717, 1.165) is 65.0 Å². The molecule has 0 aromatic heterocycles. The Balaban J connectivity index is 1.69. The van der Waals surface area contributed by atoms with E-state index in [1.165, 1.54) is 0 Å². The minimum Gasteiger partial charge on any atom is -0.382 e. The number of nitrogens with one attached hydrogen (secondary N) is 1. The number of carbonyl (C=O) groups excluding carboxylic acids is 1. The lowest BCUT2D eigenvalue weighted by molar-refractivity contribution is -0.126. The van der Waals surface area contributed by atoms with Gasteiger partial charge in [0.1, 0.15) is 0 Å². The molecule has 1 aliphatic carbocycles. The fourth-order valence-corrected chi connectivity index (χ4v) is 3.52. The van der Waals surface area contributed by atoms with Crippen LogP contribution in [0.5, 0.6) is 0 Å². The van der Waals surface area contributed by atoms with Gasteiger partial charge in [-0.05, 0) is 44.9 Å². The lowest BCUT2D eigenvalue weighted by atomic mass is 9.90. The number of ether oxygens (including phenoxy) is 1. The smallest absolute Gasteiger partial charge is 0.223 e. The first-order valence-electron chi connectivity index (χ1n) is 8.96. The number of rotatable bonds is 7. The summed E-state index contributed by atoms with van der Waals surface area (Å²) < 4.78 is 5.40. The van der Waals surface area contributed by atoms with E-state index in [9.17, 15) is 4.79 Å². The topological polar surface area (TPSA) is 41.6 Å². The molecule has 1 fully saturated rings. The molecule has 0 aromatic carbocycles. The van der Waals surface area contributed by atoms with Crippen LogP contribution in [0.1, 0.15) is 46.0 Å². The molecule has 2 aliphatic rings. The van der Waals surface area contributed by atoms with Crippen LogP contribution in [0.25, 0.3) is 0 Å². The largest absolute Gasteiger partial charge is 0.382 e. The zero-order chi connectivity index (χ0) is 15.8. The summed E-state index contributed by atoms with van der Waals surface area (Å²) in [6, 6.07) is 0.349. The van der Waals surface area contributed by atoms with Crippen LogP contribution in [0, 0.1) is 11.8 Å². The molecule has 1 N–H and O–H groups in total. The number of hydrogen-bond acceptors (Lipinski definition) is 3. The van der Waals surface area contributed by atoms with Crippen molar-refractivity contribution >= 4 is 5.91 Å². The first kappa shape index (κ1) is 17.5. The quantitative estimate of drug-likeness (QED) is 0.580. The zero-order valence-corrected chi connectivity index (χ0v) is 14.2. The van der Waals surface area contributed by atoms with E-state index in [-0.39, 0.29) is 11.8 Å². The molecule has 1 aliphatic heterocycles. The second-order valence-electron chi connectivity index (χ2n) is 6.71. The van der Waals surface area contributed by atoms with Gasteiger partial charge < -0.3 is 15.0 Å². The number of amides is 1. The van der Waals surface area contributed by atoms with Gasteiger partial charge in [0.2, 0.25) is 5.91 Å². The molecule has 0 radical (unpaired) electrons. The third-order valence-corrected chi connectivity index (χ3v) is 4.92. The summed E-state index contributed by atoms with van der Waals surface area (Å²) in [5.74, 6) is 0.997. The number of nitrogens with zero attached hydrogens (tertiary/aromatic N) is 1. The molecule has 1 heterocycles. The monoisotopic (exact) mass is 308 g/mol. The molecule has 0 saturated carbocycles. The van der Waals surface area contributed by atoms with Crippen molar-refractivity contribution in [1.82, 2.24) is 10.2 Å². The highest BCUT2D eigenvalue weighted by Gasteiger charge is 2.29. The summed E-state index contributed by atoms with van der Waals surface area (Å²) in [6.45, 7) is 9.25. The van der Waals surface area contributed by atoms with Crippen molar-refractivity contribution in [2.24, 2.45) is 11.8 Å². The van der Waals surface area contributed by atoms with Gasteiger partial charge in [0.05, 0.1) is 0 Å². The van der Waals surface area contributed by atoms with Crippen molar-refractivity contribution in [3.05, 3.63) is 12.2 Å². The summed E-state index contributed by atoms with van der Waals surface area (Å²) >= 11 is 0. The number of piperidine rings is 1. The predicted molar refractivity (Wildman–Crippen MR) is 89.7 cm³/mol. The highest BCUT2D eigenvalue weighted by molar-refractivity contribution is 5.79. The van der Waals surface area contributed by atoms with Crippen LogP contribution >= 0.6 is 0 Å². The number of carbonyl (C=O) groups is 1. The van der Waals surface area contributed by atoms with Crippen LogP contribution < -0.4 is 5.32 Å². The third kappa shape index (κ3) is 5.40. The van der Waals surface area contributed by atoms with Crippen molar-refractivity contribution in [2.75, 3.05) is 32.8 Å². The Kier molecular flexibility index (Phi) is 7.40. The Morgan fingerprint density at radius 3 is 2.91 bits per heavy atom. The molecule has 22 heavy (non-hydrogen) atoms. The lowest BCUT2D eigenvalue weighted by Crippen LogP contribution is -2.51. The zero-order valence-electron chi connectivity index (χ0n) is 14.2. The minimum absolute atomic E-state index is 0.196. The first-order chi connectivity index (χ1) is 10.7. The van der Waals surface area contributed by atoms with Crippen molar-refractivity contribution in [3.8, 4) is 0 Å². The fourth-order valence-electron chi connectivity index (χ4n) is 3.52. The Morgan fingerprint density at radius 1 is 1.36 bits per heavy atom. The summed E-state index contributed by atoms with van der Waals surface area (Å²) in [6.07, 6.45) is 9.48. The van der Waals surface area contributed by atoms with E-state index in [0.29, 0.717) is 12.0 Å². The second-order valence-corrected chi connectivity index (χ2v) is 6.71. The predicted octanol–water partition coefficient (Wildman–Crippen LogP) is 2.60. The fraction of sp³-hybridized carbons (Fsp3) is 0.833. The summed E-state index contributed by atoms with van der Waals surface area (Å²) in [5.41, 5.74) is 0. The Morgan fingerprint density at radius 2 is 2.23 bits per heavy atom. The van der Waals surface area contributed by atoms with Crippen molar-refractivity contribution < 1.29 is 9.53 Å². The molecule has 2 rings (SSSR count). The van der Waals surface area contributed by atoms with Crippen LogP contribution in [-0.2, 0) is 9.53 Å². The van der Waals surface area contributed by atoms with E-state index in [1.807, 2.05) is 6.92 Å². The molecule has 1 saturated heterocycles. The molecule has 3 atom stereocenters. The van der Waals surface area contributed by atoms with E-state index < -0.39 is 0 Å². The molecular weight excluding hydrogens is 276 g/mol. The van der Waals surface area contributed by atoms with Crippen LogP contribution in [0.4, 0.5) is 0 Å². The molecule has 0 aromatic rings. The highest BCUT2D eigenvalue weighted by Crippen LogP contribution is 2.21. The van der Waals surface area contributed by atoms with Gasteiger partial charge in [-0.1, -0.05) is 19.1 Å². The average molecular weight is 308 g/mol. The van der Waals surface area contributed by atoms with Gasteiger partial charge in [-0.25, -0.2) is 0 Å². The maximum Gasteiger partial charge on any atom is 0.223 e. The van der Waals surface area contributed by atoms with Crippen LogP contribution in [0.15, 0.2) is 12.2 Å².